The molecule has 0 radical (unpaired) electrons. The van der Waals surface area contributed by atoms with E-state index in [0.717, 1.165) is 116 Å². The maximum Gasteiger partial charge on any atom is 0.305 e. The van der Waals surface area contributed by atoms with Gasteiger partial charge in [0.1, 0.15) is 30.8 Å². The van der Waals surface area contributed by atoms with Gasteiger partial charge in [0.25, 0.3) is 0 Å². The van der Waals surface area contributed by atoms with E-state index in [9.17, 15) is 14.7 Å². The third-order valence-electron chi connectivity index (χ3n) is 7.92. The van der Waals surface area contributed by atoms with E-state index in [1.165, 1.54) is 7.14 Å². The van der Waals surface area contributed by atoms with E-state index in [0.29, 0.717) is 12.8 Å². The van der Waals surface area contributed by atoms with Gasteiger partial charge in [-0.25, -0.2) is 0 Å². The molecule has 0 aromatic heterocycles. The number of benzene rings is 2. The second-order valence-corrected chi connectivity index (χ2v) is 19.7. The first kappa shape index (κ1) is 47.5. The van der Waals surface area contributed by atoms with Crippen LogP contribution < -0.4 is 9.47 Å². The molecule has 50 heavy (non-hydrogen) atoms. The predicted molar refractivity (Wildman–Crippen MR) is 251 cm³/mol. The molecular weight excluding hydrogens is 1320 g/mol. The largest absolute Gasteiger partial charge is 0.488 e. The second kappa shape index (κ2) is 27.8. The fraction of sp³-hybridized carbons (Fsp3) is 0.622. The van der Waals surface area contributed by atoms with Gasteiger partial charge in [-0.3, -0.25) is 9.59 Å². The van der Waals surface area contributed by atoms with Crippen molar-refractivity contribution in [2.45, 2.75) is 135 Å². The molecule has 2 atom stereocenters. The molecule has 13 heteroatoms. The van der Waals surface area contributed by atoms with Crippen LogP contribution in [0.2, 0.25) is 0 Å². The lowest BCUT2D eigenvalue weighted by molar-refractivity contribution is -0.152. The molecule has 0 fully saturated rings. The van der Waals surface area contributed by atoms with Gasteiger partial charge in [-0.05, 0) is 212 Å². The normalized spacial score (nSPS) is 13.1. The minimum Gasteiger partial charge on any atom is -0.488 e. The van der Waals surface area contributed by atoms with E-state index in [1.807, 2.05) is 0 Å². The summed E-state index contributed by atoms with van der Waals surface area (Å²) in [5, 5.41) is 10.1. The Bertz CT molecular complexity index is 1170. The molecule has 2 unspecified atom stereocenters. The second-order valence-electron chi connectivity index (χ2n) is 12.6. The molecule has 0 heterocycles. The van der Waals surface area contributed by atoms with Crippen LogP contribution >= 0.6 is 136 Å². The van der Waals surface area contributed by atoms with Crippen molar-refractivity contribution in [2.75, 3.05) is 13.2 Å². The Hall–Kier alpha value is 1.32. The zero-order chi connectivity index (χ0) is 36.9. The Morgan fingerprint density at radius 2 is 0.840 bits per heavy atom. The first-order valence-electron chi connectivity index (χ1n) is 17.5. The predicted octanol–water partition coefficient (Wildman–Crippen LogP) is 12.2. The van der Waals surface area contributed by atoms with Gasteiger partial charge >= 0.3 is 11.9 Å². The van der Waals surface area contributed by atoms with Crippen molar-refractivity contribution in [3.05, 3.63) is 45.7 Å². The summed E-state index contributed by atoms with van der Waals surface area (Å²) < 4.78 is 29.8. The number of ether oxygens (including phenoxy) is 4. The molecule has 7 nitrogen and oxygen atoms in total. The van der Waals surface area contributed by atoms with E-state index in [1.54, 1.807) is 0 Å². The van der Waals surface area contributed by atoms with Gasteiger partial charge in [-0.2, -0.15) is 0 Å². The summed E-state index contributed by atoms with van der Waals surface area (Å²) in [5.41, 5.74) is 0. The molecule has 2 aromatic carbocycles. The van der Waals surface area contributed by atoms with Crippen LogP contribution in [0.1, 0.15) is 117 Å². The summed E-state index contributed by atoms with van der Waals surface area (Å²) in [5.74, 6) is 1.33. The lowest BCUT2D eigenvalue weighted by atomic mass is 10.1. The maximum atomic E-state index is 12.1. The number of halogens is 6. The Morgan fingerprint density at radius 3 is 1.18 bits per heavy atom. The lowest BCUT2D eigenvalue weighted by Gasteiger charge is -2.17. The van der Waals surface area contributed by atoms with Crippen molar-refractivity contribution in [3.63, 3.8) is 0 Å². The van der Waals surface area contributed by atoms with Crippen LogP contribution in [0.15, 0.2) is 24.3 Å². The molecule has 0 saturated heterocycles. The average Bonchev–Trinajstić information content (AvgIpc) is 3.04. The van der Waals surface area contributed by atoms with Gasteiger partial charge in [0.2, 0.25) is 0 Å². The van der Waals surface area contributed by atoms with Crippen LogP contribution in [-0.4, -0.2) is 48.6 Å². The van der Waals surface area contributed by atoms with Crippen LogP contribution in [0.4, 0.5) is 0 Å². The molecule has 2 aromatic rings. The van der Waals surface area contributed by atoms with Gasteiger partial charge in [-0.15, -0.1) is 0 Å². The quantitative estimate of drug-likeness (QED) is 0.0570. The minimum atomic E-state index is -1.00. The summed E-state index contributed by atoms with van der Waals surface area (Å²) in [4.78, 5) is 24.1. The highest BCUT2D eigenvalue weighted by atomic mass is 127. The molecule has 0 amide bonds. The Balaban J connectivity index is 1.38. The van der Waals surface area contributed by atoms with Crippen molar-refractivity contribution < 1.29 is 33.6 Å². The van der Waals surface area contributed by atoms with Gasteiger partial charge in [0.15, 0.2) is 0 Å². The highest BCUT2D eigenvalue weighted by molar-refractivity contribution is 14.1. The molecule has 0 spiro atoms. The minimum absolute atomic E-state index is 0.153. The summed E-state index contributed by atoms with van der Waals surface area (Å²) in [6.07, 6.45) is 14.5. The van der Waals surface area contributed by atoms with Crippen LogP contribution in [0.3, 0.4) is 0 Å². The van der Waals surface area contributed by atoms with Crippen molar-refractivity contribution in [1.29, 1.82) is 0 Å². The molecule has 2 rings (SSSR count). The number of rotatable bonds is 26. The number of aliphatic hydroxyl groups excluding tert-OH is 1. The van der Waals surface area contributed by atoms with Crippen LogP contribution in [-0.2, 0) is 19.1 Å². The number of hydrogen-bond acceptors (Lipinski definition) is 7. The molecule has 0 aliphatic rings. The van der Waals surface area contributed by atoms with E-state index in [2.05, 4.69) is 174 Å². The molecule has 1 N–H and O–H groups in total. The number of carbonyl (C=O) groups excluding carboxylic acids is 2. The number of unbranched alkanes of at least 4 members (excludes halogenated alkanes) is 10. The van der Waals surface area contributed by atoms with Gasteiger partial charge in [0, 0.05) is 20.0 Å². The number of aliphatic hydroxyl groups is 1. The van der Waals surface area contributed by atoms with E-state index < -0.39 is 6.10 Å². The van der Waals surface area contributed by atoms with Crippen molar-refractivity contribution >= 4 is 147 Å². The Labute approximate surface area is 381 Å². The Kier molecular flexibility index (Phi) is 26.4. The summed E-state index contributed by atoms with van der Waals surface area (Å²) in [7, 11) is 0. The zero-order valence-corrected chi connectivity index (χ0v) is 41.9. The van der Waals surface area contributed by atoms with Crippen LogP contribution in [0.25, 0.3) is 0 Å². The fourth-order valence-electron chi connectivity index (χ4n) is 5.19. The van der Waals surface area contributed by atoms with E-state index >= 15 is 0 Å². The highest BCUT2D eigenvalue weighted by Crippen LogP contribution is 2.32. The van der Waals surface area contributed by atoms with Crippen molar-refractivity contribution in [1.82, 2.24) is 0 Å². The Morgan fingerprint density at radius 1 is 0.540 bits per heavy atom. The van der Waals surface area contributed by atoms with Gasteiger partial charge < -0.3 is 24.1 Å². The maximum absolute atomic E-state index is 12.1. The van der Waals surface area contributed by atoms with Crippen LogP contribution in [0.5, 0.6) is 11.5 Å². The fourth-order valence-corrected chi connectivity index (χ4v) is 12.9. The third kappa shape index (κ3) is 21.4. The zero-order valence-electron chi connectivity index (χ0n) is 28.9. The number of carbonyl (C=O) groups is 2. The third-order valence-corrected chi connectivity index (χ3v) is 12.4. The summed E-state index contributed by atoms with van der Waals surface area (Å²) >= 11 is 14.0. The van der Waals surface area contributed by atoms with Gasteiger partial charge in [-0.1, -0.05) is 51.4 Å². The number of hydrogen-bond donors (Lipinski definition) is 1. The average molecular weight is 1370 g/mol. The monoisotopic (exact) mass is 1370 g/mol. The summed E-state index contributed by atoms with van der Waals surface area (Å²) in [6.45, 7) is 3.96. The highest BCUT2D eigenvalue weighted by Gasteiger charge is 2.15. The lowest BCUT2D eigenvalue weighted by Crippen LogP contribution is -2.25. The molecule has 0 aliphatic heterocycles. The molecule has 0 bridgehead atoms. The molecular formula is C37H50I6O7. The molecule has 0 aliphatic carbocycles. The smallest absolute Gasteiger partial charge is 0.305 e. The molecule has 282 valence electrons. The standard InChI is InChI=1S/C37H50I6O7/c1-25(49-36-30(40)19-27(38)20-31(36)41)15-11-7-3-5-9-13-17-34(45)47-23-29(44)24-48-35(46)18-14-10-6-4-8-12-16-26(2)50-37-32(42)21-28(39)22-33(37)43/h19-22,25-26,29,44H,3-18,23-24H2,1-2H3. The van der Waals surface area contributed by atoms with Crippen LogP contribution in [0, 0.1) is 21.4 Å². The summed E-state index contributed by atoms with van der Waals surface area (Å²) in [6, 6.07) is 8.55. The van der Waals surface area contributed by atoms with Gasteiger partial charge in [0.05, 0.1) is 26.5 Å². The van der Waals surface area contributed by atoms with E-state index in [4.69, 9.17) is 18.9 Å². The first-order chi connectivity index (χ1) is 23.8. The van der Waals surface area contributed by atoms with E-state index in [-0.39, 0.29) is 37.4 Å². The van der Waals surface area contributed by atoms with Crippen molar-refractivity contribution in [2.24, 2.45) is 0 Å². The first-order valence-corrected chi connectivity index (χ1v) is 23.9. The topological polar surface area (TPSA) is 91.3 Å². The SMILES string of the molecule is CC(CCCCCCCCC(=O)OCC(O)COC(=O)CCCCCCCCC(C)Oc1c(I)cc(I)cc1I)Oc1c(I)cc(I)cc1I. The molecule has 0 saturated carbocycles. The number of esters is 2. The van der Waals surface area contributed by atoms with Crippen molar-refractivity contribution in [3.8, 4) is 11.5 Å².